The number of hydrogen-bond acceptors (Lipinski definition) is 10. The lowest BCUT2D eigenvalue weighted by molar-refractivity contribution is -0.144. The van der Waals surface area contributed by atoms with Crippen molar-refractivity contribution in [2.45, 2.75) is 201 Å². The van der Waals surface area contributed by atoms with Gasteiger partial charge in [0, 0.05) is 31.1 Å². The molecule has 2 aromatic rings. The average molecular weight is 1080 g/mol. The molecule has 1 saturated carbocycles. The van der Waals surface area contributed by atoms with E-state index in [2.05, 4.69) is 54.7 Å². The lowest BCUT2D eigenvalue weighted by atomic mass is 9.65. The van der Waals surface area contributed by atoms with Crippen molar-refractivity contribution in [2.24, 2.45) is 27.6 Å². The molecule has 18 nitrogen and oxygen atoms in total. The second kappa shape index (κ2) is 23.8. The molecule has 0 radical (unpaired) electrons. The molecule has 0 aromatic heterocycles. The minimum absolute atomic E-state index is 0.0293. The van der Waals surface area contributed by atoms with Crippen molar-refractivity contribution in [3.8, 4) is 0 Å². The minimum atomic E-state index is -1.07. The first-order valence-electron chi connectivity index (χ1n) is 28.5. The van der Waals surface area contributed by atoms with Crippen LogP contribution >= 0.6 is 0 Å². The zero-order valence-electron chi connectivity index (χ0n) is 48.6. The maximum atomic E-state index is 14.9. The van der Waals surface area contributed by atoms with Gasteiger partial charge in [0.15, 0.2) is 0 Å². The lowest BCUT2D eigenvalue weighted by Gasteiger charge is -2.40. The average Bonchev–Trinajstić information content (AvgIpc) is 4.17. The molecule has 2 saturated heterocycles. The number of fused-ring (bicyclic) bond motifs is 2. The third kappa shape index (κ3) is 12.6. The number of amides is 8. The van der Waals surface area contributed by atoms with E-state index in [1.165, 1.54) is 20.9 Å². The van der Waals surface area contributed by atoms with E-state index < -0.39 is 87.7 Å². The number of carbonyl (C=O) groups excluding carboxylic acids is 8. The number of hydrogen-bond donors (Lipinski definition) is 8. The van der Waals surface area contributed by atoms with E-state index in [1.54, 1.807) is 27.9 Å². The molecule has 0 unspecified atom stereocenters. The SMILES string of the molecule is CN[C@@H](C)C(=O)N[C@H](C(=O)N1C[C@@H](NC(=O)[C@@H]2CC[C@](C)(C(=O)N[C@H]3C[C@@H](C(=O)N[C@@H]4CCCc5ccccc54)N(C(=O)[C@@H](NC(=O)[C@H](C)NC)C(C)(C)C)C3)C2(C)C)C[C@H]1C(=O)N[C@@H]1CCCc2ccccc21)C(C)(C)C. The van der Waals surface area contributed by atoms with Gasteiger partial charge >= 0.3 is 0 Å². The first-order valence-corrected chi connectivity index (χ1v) is 28.5. The molecule has 8 N–H and O–H groups in total. The smallest absolute Gasteiger partial charge is 0.246 e. The molecule has 2 aromatic carbocycles. The number of nitrogens with zero attached hydrogens (tertiary/aromatic N) is 2. The topological polar surface area (TPSA) is 239 Å². The fourth-order valence-corrected chi connectivity index (χ4v) is 12.6. The highest BCUT2D eigenvalue weighted by molar-refractivity contribution is 5.96. The maximum absolute atomic E-state index is 14.9. The molecule has 3 aliphatic carbocycles. The van der Waals surface area contributed by atoms with Crippen molar-refractivity contribution in [3.63, 3.8) is 0 Å². The molecular weight excluding hydrogens is 989 g/mol. The van der Waals surface area contributed by atoms with Crippen LogP contribution in [-0.2, 0) is 51.2 Å². The van der Waals surface area contributed by atoms with Gasteiger partial charge in [-0.1, -0.05) is 111 Å². The summed E-state index contributed by atoms with van der Waals surface area (Å²) in [5.41, 5.74) is 1.00. The fourth-order valence-electron chi connectivity index (χ4n) is 12.6. The number of nitrogens with one attached hydrogen (secondary N) is 8. The fraction of sp³-hybridized carbons (Fsp3) is 0.667. The highest BCUT2D eigenvalue weighted by Crippen LogP contribution is 2.56. The number of benzene rings is 2. The van der Waals surface area contributed by atoms with Crippen molar-refractivity contribution in [3.05, 3.63) is 70.8 Å². The van der Waals surface area contributed by atoms with Gasteiger partial charge in [-0.15, -0.1) is 0 Å². The van der Waals surface area contributed by atoms with Crippen molar-refractivity contribution in [1.29, 1.82) is 0 Å². The van der Waals surface area contributed by atoms with Crippen LogP contribution in [0.3, 0.4) is 0 Å². The standard InChI is InChI=1S/C60H90N10O8/c1-34(61-12)49(71)67-47(57(3,4)5)54(76)69-32-38(30-45(69)52(74)65-43-26-18-22-36-20-14-16-24-40(36)43)63-51(73)42-28-29-60(11,59(42,9)10)56(78)64-39-31-46(53(75)66-44-27-19-23-37-21-15-17-25-41(37)44)70(33-39)55(77)48(58(6,7)8)68-50(72)35(2)62-13/h14-17,20-21,24-25,34-35,38-39,42-48,61-62H,18-19,22-23,26-33H2,1-13H3,(H,63,73)(H,64,78)(H,65,74)(H,66,75)(H,67,71)(H,68,72)/t34-,35-,38-,39-,42-,43+,44+,45-,46-,47+,48+,60+/m0/s1. The Labute approximate surface area is 462 Å². The summed E-state index contributed by atoms with van der Waals surface area (Å²) in [6, 6.07) is 9.36. The monoisotopic (exact) mass is 1080 g/mol. The number of carbonyl (C=O) groups is 8. The molecule has 8 amide bonds. The van der Waals surface area contributed by atoms with E-state index in [1.807, 2.05) is 98.7 Å². The molecule has 2 aliphatic heterocycles. The molecule has 0 bridgehead atoms. The summed E-state index contributed by atoms with van der Waals surface area (Å²) < 4.78 is 0. The molecule has 18 heteroatoms. The molecule has 2 heterocycles. The van der Waals surface area contributed by atoms with Gasteiger partial charge in [-0.25, -0.2) is 0 Å². The highest BCUT2D eigenvalue weighted by atomic mass is 16.2. The summed E-state index contributed by atoms with van der Waals surface area (Å²) in [4.78, 5) is 118. The van der Waals surface area contributed by atoms with E-state index in [4.69, 9.17) is 0 Å². The van der Waals surface area contributed by atoms with Gasteiger partial charge in [0.05, 0.1) is 29.6 Å². The third-order valence-electron chi connectivity index (χ3n) is 18.3. The molecule has 428 valence electrons. The second-order valence-electron chi connectivity index (χ2n) is 25.9. The number of aryl methyl sites for hydroxylation is 2. The van der Waals surface area contributed by atoms with E-state index in [-0.39, 0.29) is 73.5 Å². The summed E-state index contributed by atoms with van der Waals surface area (Å²) in [5.74, 6) is -3.44. The van der Waals surface area contributed by atoms with E-state index in [0.717, 1.165) is 49.7 Å². The molecular formula is C60H90N10O8. The molecule has 0 spiro atoms. The van der Waals surface area contributed by atoms with Crippen LogP contribution in [0.1, 0.15) is 162 Å². The number of rotatable bonds is 16. The van der Waals surface area contributed by atoms with Crippen LogP contribution in [0.2, 0.25) is 0 Å². The van der Waals surface area contributed by atoms with Gasteiger partial charge in [0.2, 0.25) is 47.3 Å². The largest absolute Gasteiger partial charge is 0.351 e. The van der Waals surface area contributed by atoms with Crippen LogP contribution in [0.15, 0.2) is 48.5 Å². The first-order chi connectivity index (χ1) is 36.6. The normalized spacial score (nSPS) is 27.2. The van der Waals surface area contributed by atoms with Gasteiger partial charge in [-0.2, -0.15) is 0 Å². The Hall–Kier alpha value is -5.88. The predicted molar refractivity (Wildman–Crippen MR) is 299 cm³/mol. The van der Waals surface area contributed by atoms with Crippen molar-refractivity contribution in [2.75, 3.05) is 27.2 Å². The van der Waals surface area contributed by atoms with Crippen LogP contribution in [0, 0.1) is 27.6 Å². The Bertz CT molecular complexity index is 2590. The van der Waals surface area contributed by atoms with Crippen molar-refractivity contribution in [1.82, 2.24) is 52.3 Å². The quantitative estimate of drug-likeness (QED) is 0.119. The van der Waals surface area contributed by atoms with Crippen LogP contribution in [0.5, 0.6) is 0 Å². The van der Waals surface area contributed by atoms with E-state index >= 15 is 0 Å². The summed E-state index contributed by atoms with van der Waals surface area (Å²) in [6.45, 7) is 20.4. The summed E-state index contributed by atoms with van der Waals surface area (Å²) in [6.07, 6.45) is 6.13. The van der Waals surface area contributed by atoms with E-state index in [9.17, 15) is 38.4 Å². The lowest BCUT2D eigenvalue weighted by Crippen LogP contribution is -2.60. The van der Waals surface area contributed by atoms with Gasteiger partial charge in [-0.05, 0) is 131 Å². The number of likely N-dealkylation sites (N-methyl/N-ethyl adjacent to an activating group) is 2. The molecule has 12 atom stereocenters. The van der Waals surface area contributed by atoms with E-state index in [0.29, 0.717) is 12.8 Å². The Morgan fingerprint density at radius 1 is 0.564 bits per heavy atom. The Kier molecular flexibility index (Phi) is 18.3. The summed E-state index contributed by atoms with van der Waals surface area (Å²) >= 11 is 0. The molecule has 3 fully saturated rings. The predicted octanol–water partition coefficient (Wildman–Crippen LogP) is 4.27. The molecule has 7 rings (SSSR count). The highest BCUT2D eigenvalue weighted by Gasteiger charge is 2.59. The Morgan fingerprint density at radius 3 is 1.38 bits per heavy atom. The second-order valence-corrected chi connectivity index (χ2v) is 25.9. The first kappa shape index (κ1) is 59.8. The van der Waals surface area contributed by atoms with Crippen LogP contribution in [0.25, 0.3) is 0 Å². The van der Waals surface area contributed by atoms with Crippen molar-refractivity contribution >= 4 is 47.3 Å². The minimum Gasteiger partial charge on any atom is -0.351 e. The van der Waals surface area contributed by atoms with Gasteiger partial charge in [0.1, 0.15) is 24.2 Å². The molecule has 5 aliphatic rings. The van der Waals surface area contributed by atoms with Gasteiger partial charge in [-0.3, -0.25) is 38.4 Å². The number of likely N-dealkylation sites (tertiary alicyclic amines) is 2. The Morgan fingerprint density at radius 2 is 0.974 bits per heavy atom. The zero-order valence-corrected chi connectivity index (χ0v) is 48.6. The van der Waals surface area contributed by atoms with Crippen LogP contribution in [0.4, 0.5) is 0 Å². The summed E-state index contributed by atoms with van der Waals surface area (Å²) in [5, 5.41) is 24.7. The van der Waals surface area contributed by atoms with Crippen molar-refractivity contribution < 1.29 is 38.4 Å². The van der Waals surface area contributed by atoms with Gasteiger partial charge < -0.3 is 52.3 Å². The zero-order chi connectivity index (χ0) is 57.2. The Balaban J connectivity index is 1.09. The summed E-state index contributed by atoms with van der Waals surface area (Å²) in [7, 11) is 3.33. The van der Waals surface area contributed by atoms with Gasteiger partial charge in [0.25, 0.3) is 0 Å². The molecule has 78 heavy (non-hydrogen) atoms. The van der Waals surface area contributed by atoms with Crippen LogP contribution in [-0.4, -0.2) is 133 Å². The van der Waals surface area contributed by atoms with Crippen LogP contribution < -0.4 is 42.5 Å². The third-order valence-corrected chi connectivity index (χ3v) is 18.3. The maximum Gasteiger partial charge on any atom is 0.246 e.